The summed E-state index contributed by atoms with van der Waals surface area (Å²) >= 11 is 0. The zero-order valence-electron chi connectivity index (χ0n) is 14.3. The monoisotopic (exact) mass is 342 g/mol. The Labute approximate surface area is 146 Å². The summed E-state index contributed by atoms with van der Waals surface area (Å²) in [6, 6.07) is 10.7. The van der Waals surface area contributed by atoms with Gasteiger partial charge in [-0.25, -0.2) is 9.78 Å². The fourth-order valence-corrected chi connectivity index (χ4v) is 2.12. The molecule has 0 aliphatic rings. The van der Waals surface area contributed by atoms with Crippen molar-refractivity contribution in [3.8, 4) is 5.75 Å². The number of aryl methyl sites for hydroxylation is 1. The Kier molecular flexibility index (Phi) is 6.76. The zero-order valence-corrected chi connectivity index (χ0v) is 14.3. The molecule has 2 aromatic rings. The summed E-state index contributed by atoms with van der Waals surface area (Å²) in [6.07, 6.45) is 1.84. The molecule has 1 heterocycles. The molecule has 0 aliphatic heterocycles. The smallest absolute Gasteiger partial charge is 0.315 e. The second-order valence-electron chi connectivity index (χ2n) is 5.44. The van der Waals surface area contributed by atoms with E-state index >= 15 is 0 Å². The summed E-state index contributed by atoms with van der Waals surface area (Å²) < 4.78 is 5.22. The molecule has 25 heavy (non-hydrogen) atoms. The molecule has 0 bridgehead atoms. The number of nitrogens with one attached hydrogen (secondary N) is 3. The van der Waals surface area contributed by atoms with Gasteiger partial charge in [0.15, 0.2) is 0 Å². The maximum absolute atomic E-state index is 11.8. The molecule has 1 aromatic heterocycles. The van der Waals surface area contributed by atoms with E-state index in [1.807, 2.05) is 37.3 Å². The predicted octanol–water partition coefficient (Wildman–Crippen LogP) is 2.23. The van der Waals surface area contributed by atoms with Crippen molar-refractivity contribution in [2.24, 2.45) is 0 Å². The quantitative estimate of drug-likeness (QED) is 0.719. The Morgan fingerprint density at radius 3 is 2.64 bits per heavy atom. The number of anilines is 1. The lowest BCUT2D eigenvalue weighted by atomic mass is 10.2. The van der Waals surface area contributed by atoms with E-state index in [2.05, 4.69) is 20.9 Å². The van der Waals surface area contributed by atoms with E-state index in [-0.39, 0.29) is 24.9 Å². The van der Waals surface area contributed by atoms with Crippen LogP contribution in [0.2, 0.25) is 0 Å². The maximum atomic E-state index is 11.8. The third kappa shape index (κ3) is 6.14. The van der Waals surface area contributed by atoms with Crippen molar-refractivity contribution in [2.75, 3.05) is 19.0 Å². The molecule has 2 rings (SSSR count). The average Bonchev–Trinajstić information content (AvgIpc) is 2.62. The van der Waals surface area contributed by atoms with Gasteiger partial charge in [-0.05, 0) is 24.6 Å². The van der Waals surface area contributed by atoms with E-state index in [1.54, 1.807) is 19.4 Å². The summed E-state index contributed by atoms with van der Waals surface area (Å²) in [4.78, 5) is 27.7. The number of benzene rings is 1. The Bertz CT molecular complexity index is 717. The normalized spacial score (nSPS) is 10.0. The highest BCUT2D eigenvalue weighted by atomic mass is 16.5. The molecule has 132 valence electrons. The van der Waals surface area contributed by atoms with Gasteiger partial charge >= 0.3 is 6.03 Å². The van der Waals surface area contributed by atoms with Gasteiger partial charge in [0.1, 0.15) is 11.6 Å². The fraction of sp³-hybridized carbons (Fsp3) is 0.278. The molecule has 0 saturated carbocycles. The number of urea groups is 1. The topological polar surface area (TPSA) is 92.4 Å². The summed E-state index contributed by atoms with van der Waals surface area (Å²) in [7, 11) is 1.58. The number of ether oxygens (including phenoxy) is 1. The van der Waals surface area contributed by atoms with E-state index in [9.17, 15) is 9.59 Å². The summed E-state index contributed by atoms with van der Waals surface area (Å²) in [5.41, 5.74) is 1.90. The number of pyridine rings is 1. The number of rotatable bonds is 7. The molecule has 3 N–H and O–H groups in total. The Morgan fingerprint density at radius 2 is 1.92 bits per heavy atom. The summed E-state index contributed by atoms with van der Waals surface area (Å²) in [5, 5.41) is 8.05. The standard InChI is InChI=1S/C18H22N4O3/c1-13-7-8-16(20-11-13)22-17(23)9-10-19-18(24)21-12-14-5-3-4-6-15(14)25-2/h3-8,11H,9-10,12H2,1-2H3,(H2,19,21,24)(H,20,22,23). The predicted molar refractivity (Wildman–Crippen MR) is 95.5 cm³/mol. The van der Waals surface area contributed by atoms with Crippen LogP contribution in [0.25, 0.3) is 0 Å². The lowest BCUT2D eigenvalue weighted by Crippen LogP contribution is -2.36. The molecule has 0 unspecified atom stereocenters. The maximum Gasteiger partial charge on any atom is 0.315 e. The van der Waals surface area contributed by atoms with Gasteiger partial charge in [-0.1, -0.05) is 24.3 Å². The van der Waals surface area contributed by atoms with E-state index in [0.29, 0.717) is 18.1 Å². The van der Waals surface area contributed by atoms with Crippen LogP contribution in [-0.4, -0.2) is 30.6 Å². The molecule has 0 spiro atoms. The van der Waals surface area contributed by atoms with Gasteiger partial charge in [-0.2, -0.15) is 0 Å². The van der Waals surface area contributed by atoms with Gasteiger partial charge < -0.3 is 20.7 Å². The van der Waals surface area contributed by atoms with Crippen molar-refractivity contribution < 1.29 is 14.3 Å². The van der Waals surface area contributed by atoms with E-state index < -0.39 is 0 Å². The average molecular weight is 342 g/mol. The molecular formula is C18H22N4O3. The molecule has 0 aliphatic carbocycles. The highest BCUT2D eigenvalue weighted by molar-refractivity contribution is 5.90. The minimum atomic E-state index is -0.341. The van der Waals surface area contributed by atoms with Crippen LogP contribution in [0, 0.1) is 6.92 Å². The van der Waals surface area contributed by atoms with Crippen LogP contribution in [0.3, 0.4) is 0 Å². The van der Waals surface area contributed by atoms with Crippen LogP contribution in [0.1, 0.15) is 17.5 Å². The van der Waals surface area contributed by atoms with Crippen LogP contribution in [0.4, 0.5) is 10.6 Å². The molecule has 0 atom stereocenters. The van der Waals surface area contributed by atoms with E-state index in [0.717, 1.165) is 11.1 Å². The van der Waals surface area contributed by atoms with E-state index in [1.165, 1.54) is 0 Å². The van der Waals surface area contributed by atoms with Crippen molar-refractivity contribution in [3.05, 3.63) is 53.7 Å². The minimum absolute atomic E-state index is 0.164. The van der Waals surface area contributed by atoms with Crippen molar-refractivity contribution in [3.63, 3.8) is 0 Å². The molecule has 7 heteroatoms. The number of aromatic nitrogens is 1. The first kappa shape index (κ1) is 18.3. The first-order valence-corrected chi connectivity index (χ1v) is 7.94. The van der Waals surface area contributed by atoms with Crippen molar-refractivity contribution in [1.29, 1.82) is 0 Å². The van der Waals surface area contributed by atoms with Gasteiger partial charge in [-0.3, -0.25) is 4.79 Å². The summed E-state index contributed by atoms with van der Waals surface area (Å²) in [6.45, 7) is 2.50. The Morgan fingerprint density at radius 1 is 1.12 bits per heavy atom. The summed E-state index contributed by atoms with van der Waals surface area (Å²) in [5.74, 6) is 1.00. The largest absolute Gasteiger partial charge is 0.496 e. The van der Waals surface area contributed by atoms with Crippen LogP contribution in [-0.2, 0) is 11.3 Å². The number of methoxy groups -OCH3 is 1. The third-order valence-electron chi connectivity index (χ3n) is 3.45. The van der Waals surface area contributed by atoms with Gasteiger partial charge in [0.2, 0.25) is 5.91 Å². The number of amides is 3. The second-order valence-corrected chi connectivity index (χ2v) is 5.44. The number of carbonyl (C=O) groups is 2. The van der Waals surface area contributed by atoms with E-state index in [4.69, 9.17) is 4.74 Å². The lowest BCUT2D eigenvalue weighted by Gasteiger charge is -2.10. The molecule has 1 aromatic carbocycles. The number of hydrogen-bond acceptors (Lipinski definition) is 4. The molecule has 7 nitrogen and oxygen atoms in total. The molecule has 0 fully saturated rings. The highest BCUT2D eigenvalue weighted by Crippen LogP contribution is 2.16. The first-order chi connectivity index (χ1) is 12.1. The van der Waals surface area contributed by atoms with Crippen LogP contribution in [0.15, 0.2) is 42.6 Å². The van der Waals surface area contributed by atoms with Gasteiger partial charge in [0, 0.05) is 31.3 Å². The first-order valence-electron chi connectivity index (χ1n) is 7.94. The fourth-order valence-electron chi connectivity index (χ4n) is 2.12. The van der Waals surface area contributed by atoms with Crippen molar-refractivity contribution in [2.45, 2.75) is 19.9 Å². The minimum Gasteiger partial charge on any atom is -0.496 e. The van der Waals surface area contributed by atoms with Crippen molar-refractivity contribution in [1.82, 2.24) is 15.6 Å². The third-order valence-corrected chi connectivity index (χ3v) is 3.45. The Hall–Kier alpha value is -3.09. The lowest BCUT2D eigenvalue weighted by molar-refractivity contribution is -0.116. The second kappa shape index (κ2) is 9.27. The van der Waals surface area contributed by atoms with Gasteiger partial charge in [-0.15, -0.1) is 0 Å². The number of nitrogens with zero attached hydrogens (tertiary/aromatic N) is 1. The molecule has 3 amide bonds. The molecule has 0 radical (unpaired) electrons. The molecule has 0 saturated heterocycles. The van der Waals surface area contributed by atoms with Crippen molar-refractivity contribution >= 4 is 17.8 Å². The van der Waals surface area contributed by atoms with Gasteiger partial charge in [0.05, 0.1) is 7.11 Å². The SMILES string of the molecule is COc1ccccc1CNC(=O)NCCC(=O)Nc1ccc(C)cn1. The van der Waals surface area contributed by atoms with Crippen LogP contribution >= 0.6 is 0 Å². The zero-order chi connectivity index (χ0) is 18.1. The highest BCUT2D eigenvalue weighted by Gasteiger charge is 2.06. The van der Waals surface area contributed by atoms with Crippen LogP contribution in [0.5, 0.6) is 5.75 Å². The number of para-hydroxylation sites is 1. The molecular weight excluding hydrogens is 320 g/mol. The number of carbonyl (C=O) groups excluding carboxylic acids is 2. The number of hydrogen-bond donors (Lipinski definition) is 3. The van der Waals surface area contributed by atoms with Gasteiger partial charge in [0.25, 0.3) is 0 Å². The van der Waals surface area contributed by atoms with Crippen LogP contribution < -0.4 is 20.7 Å². The Balaban J connectivity index is 1.68.